The van der Waals surface area contributed by atoms with Gasteiger partial charge in [0.1, 0.15) is 0 Å². The first-order valence-corrected chi connectivity index (χ1v) is 38.9. The molecule has 0 fully saturated rings. The van der Waals surface area contributed by atoms with Gasteiger partial charge in [-0.2, -0.15) is 0 Å². The lowest BCUT2D eigenvalue weighted by atomic mass is 10.0. The number of unbranched alkanes of at least 4 members (excludes halogenated alkanes) is 56. The molecule has 2 atom stereocenters. The van der Waals surface area contributed by atoms with Crippen LogP contribution in [0, 0.1) is 0 Å². The number of aliphatic hydroxyl groups excluding tert-OH is 2. The van der Waals surface area contributed by atoms with E-state index in [0.29, 0.717) is 19.4 Å². The van der Waals surface area contributed by atoms with Crippen LogP contribution >= 0.6 is 0 Å². The molecule has 0 aromatic heterocycles. The summed E-state index contributed by atoms with van der Waals surface area (Å²) in [5.74, 6) is -0.0549. The smallest absolute Gasteiger partial charge is 0.305 e. The van der Waals surface area contributed by atoms with Crippen LogP contribution in [0.15, 0.2) is 48.6 Å². The first-order valence-electron chi connectivity index (χ1n) is 38.9. The molecule has 0 radical (unpaired) electrons. The molecule has 506 valence electrons. The van der Waals surface area contributed by atoms with Crippen molar-refractivity contribution in [3.8, 4) is 0 Å². The summed E-state index contributed by atoms with van der Waals surface area (Å²) in [5, 5.41) is 23.3. The van der Waals surface area contributed by atoms with Crippen LogP contribution in [-0.2, 0) is 14.3 Å². The number of nitrogens with one attached hydrogen (secondary N) is 1. The van der Waals surface area contributed by atoms with Crippen LogP contribution in [0.5, 0.6) is 0 Å². The first-order chi connectivity index (χ1) is 42.5. The second-order valence-corrected chi connectivity index (χ2v) is 26.7. The molecule has 0 heterocycles. The van der Waals surface area contributed by atoms with Gasteiger partial charge in [-0.15, -0.1) is 0 Å². The normalized spacial score (nSPS) is 12.7. The molecular weight excluding hydrogens is 1050 g/mol. The molecule has 2 unspecified atom stereocenters. The van der Waals surface area contributed by atoms with E-state index in [-0.39, 0.29) is 18.5 Å². The number of ether oxygens (including phenoxy) is 1. The Morgan fingerprint density at radius 3 is 0.919 bits per heavy atom. The van der Waals surface area contributed by atoms with Crippen molar-refractivity contribution in [3.05, 3.63) is 48.6 Å². The van der Waals surface area contributed by atoms with Crippen LogP contribution in [0.4, 0.5) is 0 Å². The van der Waals surface area contributed by atoms with Crippen molar-refractivity contribution in [1.29, 1.82) is 0 Å². The highest BCUT2D eigenvalue weighted by molar-refractivity contribution is 5.76. The molecule has 0 aromatic rings. The van der Waals surface area contributed by atoms with Crippen LogP contribution in [-0.4, -0.2) is 47.4 Å². The summed E-state index contributed by atoms with van der Waals surface area (Å²) in [6.07, 6.45) is 99.3. The van der Waals surface area contributed by atoms with Crippen molar-refractivity contribution in [1.82, 2.24) is 5.32 Å². The lowest BCUT2D eigenvalue weighted by Gasteiger charge is -2.20. The SMILES string of the molecule is CCCCC/C=C\C/C=C\CCCCCCCCCCCC(=O)OCCCCCCCCCCCCCC/C=C\CCCCCCCCCCCCC(=O)NC(CO)C(O)/C=C/CCCCCCCCCCCCCCCCCCCCCCCC. The van der Waals surface area contributed by atoms with E-state index in [1.54, 1.807) is 6.08 Å². The Bertz CT molecular complexity index is 1440. The Hall–Kier alpha value is -2.18. The topological polar surface area (TPSA) is 95.9 Å². The van der Waals surface area contributed by atoms with Crippen molar-refractivity contribution >= 4 is 11.9 Å². The third kappa shape index (κ3) is 70.9. The molecule has 0 aromatic carbocycles. The van der Waals surface area contributed by atoms with Crippen LogP contribution in [0.25, 0.3) is 0 Å². The molecule has 6 nitrogen and oxygen atoms in total. The van der Waals surface area contributed by atoms with Gasteiger partial charge in [0.2, 0.25) is 5.91 Å². The average molecular weight is 1210 g/mol. The van der Waals surface area contributed by atoms with Crippen LogP contribution < -0.4 is 5.32 Å². The standard InChI is InChI=1S/C80H151NO5/c1-3-5-7-9-11-13-15-17-19-21-23-24-25-30-33-37-40-44-48-52-56-60-64-68-72-78(83)77(76-82)81-79(84)73-69-65-61-57-53-49-45-41-38-34-31-28-26-27-29-32-35-39-43-47-51-55-59-63-67-71-75-86-80(85)74-70-66-62-58-54-50-46-42-36-22-20-18-16-14-12-10-8-6-4-2/h12,14,18,20,26,28,68,72,77-78,82-83H,3-11,13,15-17,19,21-25,27,29-67,69-71,73-76H2,1-2H3,(H,81,84)/b14-12-,20-18-,28-26-,72-68+. The first kappa shape index (κ1) is 83.8. The van der Waals surface area contributed by atoms with E-state index in [1.807, 2.05) is 6.08 Å². The highest BCUT2D eigenvalue weighted by Crippen LogP contribution is 2.19. The quantitative estimate of drug-likeness (QED) is 0.0320. The fourth-order valence-corrected chi connectivity index (χ4v) is 12.1. The highest BCUT2D eigenvalue weighted by atomic mass is 16.5. The van der Waals surface area contributed by atoms with Gasteiger partial charge in [0.05, 0.1) is 25.4 Å². The summed E-state index contributed by atoms with van der Waals surface area (Å²) in [6.45, 7) is 4.92. The number of carbonyl (C=O) groups excluding carboxylic acids is 2. The second-order valence-electron chi connectivity index (χ2n) is 26.7. The van der Waals surface area contributed by atoms with Gasteiger partial charge >= 0.3 is 5.97 Å². The summed E-state index contributed by atoms with van der Waals surface area (Å²) in [7, 11) is 0. The minimum absolute atomic E-state index is 0.0107. The molecule has 0 rings (SSSR count). The summed E-state index contributed by atoms with van der Waals surface area (Å²) in [6, 6.07) is -0.632. The van der Waals surface area contributed by atoms with E-state index in [1.165, 1.54) is 347 Å². The number of amides is 1. The number of hydrogen-bond acceptors (Lipinski definition) is 5. The molecule has 0 aliphatic carbocycles. The summed E-state index contributed by atoms with van der Waals surface area (Å²) in [5.41, 5.74) is 0. The van der Waals surface area contributed by atoms with Gasteiger partial charge in [-0.3, -0.25) is 9.59 Å². The molecule has 86 heavy (non-hydrogen) atoms. The van der Waals surface area contributed by atoms with Crippen LogP contribution in [0.2, 0.25) is 0 Å². The van der Waals surface area contributed by atoms with E-state index >= 15 is 0 Å². The predicted molar refractivity (Wildman–Crippen MR) is 379 cm³/mol. The van der Waals surface area contributed by atoms with Gasteiger partial charge in [-0.25, -0.2) is 0 Å². The fraction of sp³-hybridized carbons (Fsp3) is 0.875. The summed E-state index contributed by atoms with van der Waals surface area (Å²) >= 11 is 0. The maximum absolute atomic E-state index is 12.5. The molecular formula is C80H151NO5. The summed E-state index contributed by atoms with van der Waals surface area (Å²) < 4.78 is 5.51. The molecule has 0 aliphatic rings. The van der Waals surface area contributed by atoms with Crippen molar-refractivity contribution in [3.63, 3.8) is 0 Å². The Labute approximate surface area is 537 Å². The average Bonchev–Trinajstić information content (AvgIpc) is 3.54. The minimum Gasteiger partial charge on any atom is -0.466 e. The largest absolute Gasteiger partial charge is 0.466 e. The third-order valence-electron chi connectivity index (χ3n) is 18.1. The Morgan fingerprint density at radius 2 is 0.581 bits per heavy atom. The van der Waals surface area contributed by atoms with E-state index in [4.69, 9.17) is 4.74 Å². The molecule has 1 amide bonds. The zero-order valence-electron chi connectivity index (χ0n) is 58.1. The molecule has 0 saturated carbocycles. The Balaban J connectivity index is 3.41. The number of allylic oxidation sites excluding steroid dienone is 7. The van der Waals surface area contributed by atoms with Crippen molar-refractivity contribution in [2.75, 3.05) is 13.2 Å². The molecule has 0 spiro atoms. The third-order valence-corrected chi connectivity index (χ3v) is 18.1. The van der Waals surface area contributed by atoms with E-state index in [9.17, 15) is 19.8 Å². The monoisotopic (exact) mass is 1210 g/mol. The number of aliphatic hydroxyl groups is 2. The number of hydrogen-bond donors (Lipinski definition) is 3. The van der Waals surface area contributed by atoms with Crippen LogP contribution in [0.3, 0.4) is 0 Å². The van der Waals surface area contributed by atoms with Crippen molar-refractivity contribution < 1.29 is 24.5 Å². The molecule has 6 heteroatoms. The maximum atomic E-state index is 12.5. The highest BCUT2D eigenvalue weighted by Gasteiger charge is 2.18. The molecule has 0 bridgehead atoms. The zero-order valence-corrected chi connectivity index (χ0v) is 58.1. The lowest BCUT2D eigenvalue weighted by molar-refractivity contribution is -0.143. The number of rotatable bonds is 73. The lowest BCUT2D eigenvalue weighted by Crippen LogP contribution is -2.45. The predicted octanol–water partition coefficient (Wildman–Crippen LogP) is 25.6. The van der Waals surface area contributed by atoms with E-state index < -0.39 is 12.1 Å². The van der Waals surface area contributed by atoms with Gasteiger partial charge in [0, 0.05) is 12.8 Å². The zero-order chi connectivity index (χ0) is 62.0. The van der Waals surface area contributed by atoms with E-state index in [2.05, 4.69) is 55.6 Å². The van der Waals surface area contributed by atoms with Gasteiger partial charge in [0.15, 0.2) is 0 Å². The summed E-state index contributed by atoms with van der Waals surface area (Å²) in [4.78, 5) is 24.7. The van der Waals surface area contributed by atoms with Gasteiger partial charge in [-0.05, 0) is 89.9 Å². The Morgan fingerprint density at radius 1 is 0.326 bits per heavy atom. The minimum atomic E-state index is -0.848. The van der Waals surface area contributed by atoms with Crippen molar-refractivity contribution in [2.45, 2.75) is 437 Å². The van der Waals surface area contributed by atoms with Gasteiger partial charge in [-0.1, -0.05) is 371 Å². The maximum Gasteiger partial charge on any atom is 0.305 e. The fourth-order valence-electron chi connectivity index (χ4n) is 12.1. The van der Waals surface area contributed by atoms with E-state index in [0.717, 1.165) is 51.4 Å². The van der Waals surface area contributed by atoms with Crippen LogP contribution in [0.1, 0.15) is 425 Å². The Kier molecular flexibility index (Phi) is 73.4. The van der Waals surface area contributed by atoms with Crippen molar-refractivity contribution in [2.24, 2.45) is 0 Å². The second kappa shape index (κ2) is 75.3. The van der Waals surface area contributed by atoms with Gasteiger partial charge < -0.3 is 20.3 Å². The number of esters is 1. The number of carbonyl (C=O) groups is 2. The molecule has 0 saturated heterocycles. The molecule has 3 N–H and O–H groups in total. The van der Waals surface area contributed by atoms with Gasteiger partial charge in [0.25, 0.3) is 0 Å². The molecule has 0 aliphatic heterocycles.